The van der Waals surface area contributed by atoms with Crippen LogP contribution in [-0.2, 0) is 10.0 Å². The molecule has 0 saturated heterocycles. The van der Waals surface area contributed by atoms with Gasteiger partial charge in [-0.25, -0.2) is 19.4 Å². The van der Waals surface area contributed by atoms with E-state index in [2.05, 4.69) is 16.0 Å². The van der Waals surface area contributed by atoms with E-state index in [0.717, 1.165) is 0 Å². The van der Waals surface area contributed by atoms with Gasteiger partial charge in [0.2, 0.25) is 15.1 Å². The molecule has 0 amide bonds. The second-order valence-corrected chi connectivity index (χ2v) is 6.08. The Morgan fingerprint density at radius 1 is 1.23 bits per heavy atom. The fourth-order valence-corrected chi connectivity index (χ4v) is 2.14. The largest absolute Gasteiger partial charge is 0.455 e. The lowest BCUT2D eigenvalue weighted by atomic mass is 10.2. The minimum Gasteiger partial charge on any atom is -0.455 e. The lowest BCUT2D eigenvalue weighted by Crippen LogP contribution is -2.37. The van der Waals surface area contributed by atoms with Gasteiger partial charge < -0.3 is 4.42 Å². The Kier molecular flexibility index (Phi) is 4.88. The van der Waals surface area contributed by atoms with Gasteiger partial charge in [0.15, 0.2) is 0 Å². The molecule has 0 radical (unpaired) electrons. The van der Waals surface area contributed by atoms with Crippen molar-refractivity contribution in [1.82, 2.24) is 10.9 Å². The zero-order valence-corrected chi connectivity index (χ0v) is 12.8. The molecule has 22 heavy (non-hydrogen) atoms. The lowest BCUT2D eigenvalue weighted by molar-refractivity contribution is 0.574. The van der Waals surface area contributed by atoms with Gasteiger partial charge in [0, 0.05) is 5.56 Å². The molecule has 8 nitrogen and oxygen atoms in total. The van der Waals surface area contributed by atoms with Crippen LogP contribution in [0.25, 0.3) is 11.3 Å². The predicted octanol–water partition coefficient (Wildman–Crippen LogP) is 0.266. The number of nitrogens with two attached hydrogens (primary N) is 2. The molecule has 0 aliphatic heterocycles. The number of furan rings is 1. The number of benzene rings is 1. The van der Waals surface area contributed by atoms with Crippen LogP contribution in [0.1, 0.15) is 5.76 Å². The summed E-state index contributed by atoms with van der Waals surface area (Å²) < 4.78 is 27.9. The van der Waals surface area contributed by atoms with Gasteiger partial charge in [-0.1, -0.05) is 0 Å². The normalized spacial score (nSPS) is 11.5. The van der Waals surface area contributed by atoms with Gasteiger partial charge in [0.1, 0.15) is 11.5 Å². The van der Waals surface area contributed by atoms with E-state index in [1.807, 2.05) is 0 Å². The Balaban J connectivity index is 2.13. The van der Waals surface area contributed by atoms with E-state index in [0.29, 0.717) is 17.1 Å². The Morgan fingerprint density at radius 2 is 1.91 bits per heavy atom. The molecule has 0 unspecified atom stereocenters. The number of nitrogens with zero attached hydrogens (tertiary/aromatic N) is 1. The number of sulfonamides is 1. The van der Waals surface area contributed by atoms with Gasteiger partial charge in [-0.2, -0.15) is 5.10 Å². The maximum absolute atomic E-state index is 11.2. The average Bonchev–Trinajstić information content (AvgIpc) is 2.95. The highest BCUT2D eigenvalue weighted by Crippen LogP contribution is 2.22. The van der Waals surface area contributed by atoms with Crippen molar-refractivity contribution in [2.45, 2.75) is 4.90 Å². The Labute approximate surface area is 132 Å². The van der Waals surface area contributed by atoms with E-state index in [9.17, 15) is 8.42 Å². The summed E-state index contributed by atoms with van der Waals surface area (Å²) in [6.45, 7) is 0. The smallest absolute Gasteiger partial charge is 0.238 e. The Morgan fingerprint density at radius 3 is 2.50 bits per heavy atom. The van der Waals surface area contributed by atoms with Crippen LogP contribution < -0.4 is 21.8 Å². The topological polar surface area (TPSA) is 136 Å². The molecule has 1 aromatic heterocycles. The molecule has 0 aliphatic carbocycles. The van der Waals surface area contributed by atoms with Crippen LogP contribution >= 0.6 is 12.2 Å². The quantitative estimate of drug-likeness (QED) is 0.271. The van der Waals surface area contributed by atoms with E-state index in [1.165, 1.54) is 18.3 Å². The third kappa shape index (κ3) is 4.11. The molecule has 0 aliphatic rings. The first-order valence-electron chi connectivity index (χ1n) is 5.93. The minimum absolute atomic E-state index is 0.0385. The molecule has 0 saturated carbocycles. The first-order valence-corrected chi connectivity index (χ1v) is 7.88. The minimum atomic E-state index is -3.71. The zero-order valence-electron chi connectivity index (χ0n) is 11.2. The summed E-state index contributed by atoms with van der Waals surface area (Å²) in [5.74, 6) is 6.11. The average molecular weight is 339 g/mol. The van der Waals surface area contributed by atoms with Crippen molar-refractivity contribution in [2.24, 2.45) is 16.1 Å². The van der Waals surface area contributed by atoms with Crippen LogP contribution in [0.3, 0.4) is 0 Å². The summed E-state index contributed by atoms with van der Waals surface area (Å²) in [4.78, 5) is 0.0385. The van der Waals surface area contributed by atoms with Crippen molar-refractivity contribution in [3.05, 3.63) is 42.2 Å². The van der Waals surface area contributed by atoms with Gasteiger partial charge in [-0.3, -0.25) is 10.9 Å². The first kappa shape index (κ1) is 16.1. The highest BCUT2D eigenvalue weighted by molar-refractivity contribution is 7.89. The summed E-state index contributed by atoms with van der Waals surface area (Å²) in [5, 5.41) is 9.03. The van der Waals surface area contributed by atoms with Gasteiger partial charge in [-0.15, -0.1) is 0 Å². The standard InChI is InChI=1S/C12H13N5O3S2/c13-16-12(21)17-15-7-9-3-6-11(20-9)8-1-4-10(5-2-8)22(14,18)19/h1-7H,13H2,(H2,14,18,19)(H2,16,17,21). The predicted molar refractivity (Wildman–Crippen MR) is 86.2 cm³/mol. The SMILES string of the molecule is NNC(=S)NN=Cc1ccc(-c2ccc(S(N)(=O)=O)cc2)o1. The molecule has 6 N–H and O–H groups in total. The van der Waals surface area contributed by atoms with Crippen molar-refractivity contribution in [3.8, 4) is 11.3 Å². The Bertz CT molecular complexity index is 796. The molecule has 1 heterocycles. The number of thiocarbonyl (C=S) groups is 1. The summed E-state index contributed by atoms with van der Waals surface area (Å²) in [5.41, 5.74) is 5.40. The number of hydrogen-bond donors (Lipinski definition) is 4. The van der Waals surface area contributed by atoms with Crippen molar-refractivity contribution in [3.63, 3.8) is 0 Å². The van der Waals surface area contributed by atoms with Crippen LogP contribution in [0.4, 0.5) is 0 Å². The third-order valence-electron chi connectivity index (χ3n) is 2.58. The number of hydrazine groups is 1. The van der Waals surface area contributed by atoms with E-state index in [-0.39, 0.29) is 10.0 Å². The molecule has 0 fully saturated rings. The van der Waals surface area contributed by atoms with Crippen molar-refractivity contribution in [2.75, 3.05) is 0 Å². The van der Waals surface area contributed by atoms with Gasteiger partial charge in [0.05, 0.1) is 11.1 Å². The summed E-state index contributed by atoms with van der Waals surface area (Å²) >= 11 is 4.74. The zero-order chi connectivity index (χ0) is 16.2. The fourth-order valence-electron chi connectivity index (χ4n) is 1.57. The van der Waals surface area contributed by atoms with Crippen LogP contribution in [-0.4, -0.2) is 19.7 Å². The maximum atomic E-state index is 11.2. The lowest BCUT2D eigenvalue weighted by Gasteiger charge is -2.00. The van der Waals surface area contributed by atoms with Crippen LogP contribution in [0.5, 0.6) is 0 Å². The second-order valence-electron chi connectivity index (χ2n) is 4.11. The molecule has 0 atom stereocenters. The first-order chi connectivity index (χ1) is 10.4. The van der Waals surface area contributed by atoms with Gasteiger partial charge in [0.25, 0.3) is 0 Å². The molecule has 2 aromatic rings. The molecular formula is C12H13N5O3S2. The van der Waals surface area contributed by atoms with Crippen LogP contribution in [0.15, 0.2) is 50.8 Å². The van der Waals surface area contributed by atoms with E-state index in [1.54, 1.807) is 24.3 Å². The summed E-state index contributed by atoms with van der Waals surface area (Å²) in [7, 11) is -3.71. The monoisotopic (exact) mass is 339 g/mol. The second kappa shape index (κ2) is 6.66. The molecule has 0 spiro atoms. The van der Waals surface area contributed by atoms with E-state index in [4.69, 9.17) is 27.6 Å². The molecule has 10 heteroatoms. The number of hydrazone groups is 1. The molecule has 116 valence electrons. The van der Waals surface area contributed by atoms with E-state index < -0.39 is 10.0 Å². The Hall–Kier alpha value is -2.27. The molecule has 1 aromatic carbocycles. The summed E-state index contributed by atoms with van der Waals surface area (Å²) in [6.07, 6.45) is 1.42. The van der Waals surface area contributed by atoms with Crippen LogP contribution in [0.2, 0.25) is 0 Å². The maximum Gasteiger partial charge on any atom is 0.238 e. The van der Waals surface area contributed by atoms with Crippen molar-refractivity contribution < 1.29 is 12.8 Å². The number of rotatable bonds is 4. The number of hydrogen-bond acceptors (Lipinski definition) is 6. The summed E-state index contributed by atoms with van der Waals surface area (Å²) in [6, 6.07) is 9.46. The highest BCUT2D eigenvalue weighted by Gasteiger charge is 2.09. The number of primary sulfonamides is 1. The van der Waals surface area contributed by atoms with Gasteiger partial charge >= 0.3 is 0 Å². The molecular weight excluding hydrogens is 326 g/mol. The molecule has 2 rings (SSSR count). The molecule has 0 bridgehead atoms. The third-order valence-corrected chi connectivity index (χ3v) is 3.72. The van der Waals surface area contributed by atoms with Crippen molar-refractivity contribution in [1.29, 1.82) is 0 Å². The number of nitrogens with one attached hydrogen (secondary N) is 2. The van der Waals surface area contributed by atoms with Gasteiger partial charge in [-0.05, 0) is 48.6 Å². The fraction of sp³-hybridized carbons (Fsp3) is 0. The van der Waals surface area contributed by atoms with Crippen LogP contribution in [0, 0.1) is 0 Å². The van der Waals surface area contributed by atoms with Crippen molar-refractivity contribution >= 4 is 33.6 Å². The highest BCUT2D eigenvalue weighted by atomic mass is 32.2. The van der Waals surface area contributed by atoms with E-state index >= 15 is 0 Å².